The van der Waals surface area contributed by atoms with E-state index in [1.54, 1.807) is 18.1 Å². The van der Waals surface area contributed by atoms with Crippen LogP contribution in [0, 0.1) is 0 Å². The Morgan fingerprint density at radius 1 is 1.04 bits per heavy atom. The van der Waals surface area contributed by atoms with Gasteiger partial charge in [0, 0.05) is 22.7 Å². The molecule has 0 unspecified atom stereocenters. The molecule has 0 aliphatic rings. The molecule has 0 bridgehead atoms. The Kier molecular flexibility index (Phi) is 3.63. The van der Waals surface area contributed by atoms with Gasteiger partial charge in [-0.05, 0) is 23.4 Å². The molecule has 0 N–H and O–H groups in total. The van der Waals surface area contributed by atoms with Crippen LogP contribution in [0.1, 0.15) is 5.56 Å². The van der Waals surface area contributed by atoms with Crippen LogP contribution in [0.2, 0.25) is 0 Å². The summed E-state index contributed by atoms with van der Waals surface area (Å²) in [6, 6.07) is 17.7. The van der Waals surface area contributed by atoms with Gasteiger partial charge < -0.3 is 4.74 Å². The van der Waals surface area contributed by atoms with Gasteiger partial charge in [0.25, 0.3) is 0 Å². The third-order valence-electron chi connectivity index (χ3n) is 3.81. The van der Waals surface area contributed by atoms with E-state index in [4.69, 9.17) is 4.74 Å². The topological polar surface area (TPSA) is 65.7 Å². The van der Waals surface area contributed by atoms with Gasteiger partial charge in [-0.2, -0.15) is 4.80 Å². The highest BCUT2D eigenvalue weighted by Crippen LogP contribution is 2.20. The zero-order valence-corrected chi connectivity index (χ0v) is 13.1. The van der Waals surface area contributed by atoms with E-state index in [0.717, 1.165) is 27.8 Å². The lowest BCUT2D eigenvalue weighted by Crippen LogP contribution is -2.05. The van der Waals surface area contributed by atoms with E-state index >= 15 is 0 Å². The molecule has 0 fully saturated rings. The molecule has 24 heavy (non-hydrogen) atoms. The average Bonchev–Trinajstić information content (AvgIpc) is 3.11. The Hall–Kier alpha value is -3.28. The van der Waals surface area contributed by atoms with Gasteiger partial charge in [0.05, 0.1) is 19.2 Å². The molecule has 4 aromatic rings. The van der Waals surface area contributed by atoms with Crippen LogP contribution in [0.5, 0.6) is 5.75 Å². The van der Waals surface area contributed by atoms with E-state index < -0.39 is 0 Å². The third kappa shape index (κ3) is 2.69. The standard InChI is InChI=1S/C18H15N5O/c1-24-16-9-3-6-14(11-16)18-20-22-23(21-18)12-15-7-2-5-13-8-4-10-19-17(13)15/h2-11H,12H2,1H3. The second-order valence-electron chi connectivity index (χ2n) is 5.37. The lowest BCUT2D eigenvalue weighted by atomic mass is 10.1. The van der Waals surface area contributed by atoms with Crippen molar-refractivity contribution in [3.8, 4) is 17.1 Å². The molecule has 0 aliphatic carbocycles. The highest BCUT2D eigenvalue weighted by molar-refractivity contribution is 5.81. The summed E-state index contributed by atoms with van der Waals surface area (Å²) in [7, 11) is 1.64. The summed E-state index contributed by atoms with van der Waals surface area (Å²) in [6.45, 7) is 0.519. The Balaban J connectivity index is 1.65. The van der Waals surface area contributed by atoms with Crippen LogP contribution in [0.4, 0.5) is 0 Å². The highest BCUT2D eigenvalue weighted by Gasteiger charge is 2.09. The number of rotatable bonds is 4. The maximum Gasteiger partial charge on any atom is 0.205 e. The molecular formula is C18H15N5O. The Labute approximate surface area is 138 Å². The van der Waals surface area contributed by atoms with Gasteiger partial charge in [-0.25, -0.2) is 0 Å². The minimum Gasteiger partial charge on any atom is -0.497 e. The lowest BCUT2D eigenvalue weighted by molar-refractivity contribution is 0.415. The fourth-order valence-electron chi connectivity index (χ4n) is 2.64. The van der Waals surface area contributed by atoms with Crippen molar-refractivity contribution >= 4 is 10.9 Å². The second-order valence-corrected chi connectivity index (χ2v) is 5.37. The van der Waals surface area contributed by atoms with Crippen molar-refractivity contribution in [1.82, 2.24) is 25.2 Å². The molecule has 6 nitrogen and oxygen atoms in total. The molecule has 0 spiro atoms. The number of methoxy groups -OCH3 is 1. The Morgan fingerprint density at radius 3 is 2.83 bits per heavy atom. The molecule has 2 aromatic heterocycles. The van der Waals surface area contributed by atoms with Crippen molar-refractivity contribution in [1.29, 1.82) is 0 Å². The molecule has 0 amide bonds. The second kappa shape index (κ2) is 6.08. The van der Waals surface area contributed by atoms with E-state index in [1.165, 1.54) is 0 Å². The van der Waals surface area contributed by atoms with Crippen molar-refractivity contribution in [2.24, 2.45) is 0 Å². The van der Waals surface area contributed by atoms with Crippen LogP contribution in [0.15, 0.2) is 60.8 Å². The number of hydrogen-bond acceptors (Lipinski definition) is 5. The number of hydrogen-bond donors (Lipinski definition) is 0. The predicted octanol–water partition coefficient (Wildman–Crippen LogP) is 2.95. The molecule has 118 valence electrons. The minimum absolute atomic E-state index is 0.519. The van der Waals surface area contributed by atoms with Crippen LogP contribution in [0.3, 0.4) is 0 Å². The molecule has 4 rings (SSSR count). The fraction of sp³-hybridized carbons (Fsp3) is 0.111. The van der Waals surface area contributed by atoms with Gasteiger partial charge in [0.1, 0.15) is 5.75 Å². The van der Waals surface area contributed by atoms with Crippen molar-refractivity contribution in [2.45, 2.75) is 6.54 Å². The van der Waals surface area contributed by atoms with E-state index in [9.17, 15) is 0 Å². The number of pyridine rings is 1. The van der Waals surface area contributed by atoms with E-state index in [1.807, 2.05) is 54.6 Å². The van der Waals surface area contributed by atoms with Crippen molar-refractivity contribution < 1.29 is 4.74 Å². The van der Waals surface area contributed by atoms with Gasteiger partial charge >= 0.3 is 0 Å². The number of ether oxygens (including phenoxy) is 1. The van der Waals surface area contributed by atoms with Gasteiger partial charge in [-0.3, -0.25) is 4.98 Å². The summed E-state index contributed by atoms with van der Waals surface area (Å²) in [4.78, 5) is 6.04. The van der Waals surface area contributed by atoms with Gasteiger partial charge in [0.2, 0.25) is 5.82 Å². The summed E-state index contributed by atoms with van der Waals surface area (Å²) in [5.74, 6) is 1.34. The summed E-state index contributed by atoms with van der Waals surface area (Å²) in [5, 5.41) is 13.9. The quantitative estimate of drug-likeness (QED) is 0.579. The number of nitrogens with zero attached hydrogens (tertiary/aromatic N) is 5. The molecule has 0 saturated carbocycles. The molecule has 6 heteroatoms. The first-order valence-electron chi connectivity index (χ1n) is 7.58. The number of tetrazole rings is 1. The molecule has 0 aliphatic heterocycles. The van der Waals surface area contributed by atoms with E-state index in [-0.39, 0.29) is 0 Å². The molecule has 0 atom stereocenters. The largest absolute Gasteiger partial charge is 0.497 e. The van der Waals surface area contributed by atoms with Crippen LogP contribution in [-0.4, -0.2) is 32.3 Å². The molecule has 0 saturated heterocycles. The number of para-hydroxylation sites is 1. The zero-order chi connectivity index (χ0) is 16.4. The van der Waals surface area contributed by atoms with Gasteiger partial charge in [-0.15, -0.1) is 10.2 Å². The summed E-state index contributed by atoms with van der Waals surface area (Å²) >= 11 is 0. The maximum absolute atomic E-state index is 5.24. The van der Waals surface area contributed by atoms with Crippen LogP contribution < -0.4 is 4.74 Å². The number of fused-ring (bicyclic) bond motifs is 1. The number of benzene rings is 2. The lowest BCUT2D eigenvalue weighted by Gasteiger charge is -2.04. The summed E-state index contributed by atoms with van der Waals surface area (Å²) in [5.41, 5.74) is 2.89. The van der Waals surface area contributed by atoms with Crippen LogP contribution >= 0.6 is 0 Å². The predicted molar refractivity (Wildman–Crippen MR) is 90.7 cm³/mol. The first kappa shape index (κ1) is 14.3. The van der Waals surface area contributed by atoms with Crippen molar-refractivity contribution in [3.05, 3.63) is 66.4 Å². The average molecular weight is 317 g/mol. The normalized spacial score (nSPS) is 10.9. The molecular weight excluding hydrogens is 302 g/mol. The maximum atomic E-state index is 5.24. The zero-order valence-electron chi connectivity index (χ0n) is 13.1. The first-order chi connectivity index (χ1) is 11.8. The monoisotopic (exact) mass is 317 g/mol. The van der Waals surface area contributed by atoms with Crippen molar-refractivity contribution in [2.75, 3.05) is 7.11 Å². The SMILES string of the molecule is COc1cccc(-c2nnn(Cc3cccc4cccnc34)n2)c1. The van der Waals surface area contributed by atoms with Gasteiger partial charge in [0.15, 0.2) is 0 Å². The van der Waals surface area contributed by atoms with Crippen molar-refractivity contribution in [3.63, 3.8) is 0 Å². The summed E-state index contributed by atoms with van der Waals surface area (Å²) < 4.78 is 5.24. The third-order valence-corrected chi connectivity index (χ3v) is 3.81. The van der Waals surface area contributed by atoms with Gasteiger partial charge in [-0.1, -0.05) is 36.4 Å². The Morgan fingerprint density at radius 2 is 1.92 bits per heavy atom. The minimum atomic E-state index is 0.519. The number of aromatic nitrogens is 5. The molecule has 2 heterocycles. The van der Waals surface area contributed by atoms with E-state index in [0.29, 0.717) is 12.4 Å². The fourth-order valence-corrected chi connectivity index (χ4v) is 2.64. The summed E-state index contributed by atoms with van der Waals surface area (Å²) in [6.07, 6.45) is 1.79. The molecule has 0 radical (unpaired) electrons. The van der Waals surface area contributed by atoms with Crippen LogP contribution in [-0.2, 0) is 6.54 Å². The molecule has 2 aromatic carbocycles. The van der Waals surface area contributed by atoms with Crippen LogP contribution in [0.25, 0.3) is 22.3 Å². The highest BCUT2D eigenvalue weighted by atomic mass is 16.5. The Bertz CT molecular complexity index is 990. The smallest absolute Gasteiger partial charge is 0.205 e. The first-order valence-corrected chi connectivity index (χ1v) is 7.58. The van der Waals surface area contributed by atoms with E-state index in [2.05, 4.69) is 20.4 Å².